The van der Waals surface area contributed by atoms with Crippen molar-refractivity contribution in [1.29, 1.82) is 5.26 Å². The summed E-state index contributed by atoms with van der Waals surface area (Å²) in [6, 6.07) is 18.2. The number of rotatable bonds is 13. The highest BCUT2D eigenvalue weighted by atomic mass is 16.6. The fourth-order valence-electron chi connectivity index (χ4n) is 4.37. The van der Waals surface area contributed by atoms with Crippen LogP contribution in [0.25, 0.3) is 11.0 Å². The zero-order valence-electron chi connectivity index (χ0n) is 23.8. The molecule has 2 heterocycles. The normalized spacial score (nSPS) is 16.1. The van der Waals surface area contributed by atoms with Crippen LogP contribution in [0.2, 0.25) is 0 Å². The Bertz CT molecular complexity index is 1340. The lowest BCUT2D eigenvalue weighted by Gasteiger charge is -2.27. The minimum Gasteiger partial charge on any atom is -0.492 e. The molecule has 0 bridgehead atoms. The molecule has 0 radical (unpaired) electrons. The summed E-state index contributed by atoms with van der Waals surface area (Å²) in [5, 5.41) is 13.0. The maximum Gasteiger partial charge on any atom is 0.375 e. The highest BCUT2D eigenvalue weighted by Gasteiger charge is 2.33. The summed E-state index contributed by atoms with van der Waals surface area (Å²) < 4.78 is 28.3. The maximum atomic E-state index is 13.2. The summed E-state index contributed by atoms with van der Waals surface area (Å²) >= 11 is 0. The van der Waals surface area contributed by atoms with Crippen LogP contribution in [0.5, 0.6) is 5.75 Å². The van der Waals surface area contributed by atoms with Crippen LogP contribution in [-0.4, -0.2) is 68.1 Å². The lowest BCUT2D eigenvalue weighted by Crippen LogP contribution is -2.51. The monoisotopic (exact) mass is 563 g/mol. The van der Waals surface area contributed by atoms with Crippen molar-refractivity contribution >= 4 is 22.8 Å². The van der Waals surface area contributed by atoms with Gasteiger partial charge in [-0.1, -0.05) is 44.2 Å². The van der Waals surface area contributed by atoms with Gasteiger partial charge in [0.15, 0.2) is 6.10 Å². The van der Waals surface area contributed by atoms with Crippen molar-refractivity contribution in [3.63, 3.8) is 0 Å². The molecule has 3 aromatic rings. The molecule has 1 amide bonds. The number of hydrogen-bond donors (Lipinski definition) is 1. The van der Waals surface area contributed by atoms with E-state index in [2.05, 4.69) is 10.2 Å². The number of hydrogen-bond acceptors (Lipinski definition) is 9. The molecule has 0 spiro atoms. The topological polar surface area (TPSA) is 123 Å². The molecule has 4 rings (SSSR count). The van der Waals surface area contributed by atoms with Crippen molar-refractivity contribution in [3.05, 3.63) is 65.9 Å². The lowest BCUT2D eigenvalue weighted by atomic mass is 10.0. The number of nitriles is 1. The van der Waals surface area contributed by atoms with E-state index in [-0.39, 0.29) is 24.7 Å². The molecular formula is C31H37N3O7. The molecule has 1 saturated heterocycles. The molecule has 2 aromatic carbocycles. The number of esters is 1. The van der Waals surface area contributed by atoms with E-state index in [1.54, 1.807) is 24.3 Å². The van der Waals surface area contributed by atoms with Gasteiger partial charge in [0.05, 0.1) is 19.8 Å². The molecular weight excluding hydrogens is 526 g/mol. The minimum atomic E-state index is -1.62. The first-order valence-corrected chi connectivity index (χ1v) is 13.8. The first-order valence-electron chi connectivity index (χ1n) is 13.8. The van der Waals surface area contributed by atoms with Gasteiger partial charge in [-0.3, -0.25) is 9.69 Å². The van der Waals surface area contributed by atoms with Crippen LogP contribution in [0.3, 0.4) is 0 Å². The quantitative estimate of drug-likeness (QED) is 0.240. The SMILES string of the molecule is CC(C)CC(OC(=O)c1cc2cc(OCCN3CCOCC3)ccc2o1)C(=O)NC(C)(C#N)OCc1ccccc1. The molecule has 10 heteroatoms. The number of amides is 1. The Hall–Kier alpha value is -3.91. The molecule has 1 fully saturated rings. The van der Waals surface area contributed by atoms with Gasteiger partial charge in [-0.25, -0.2) is 4.79 Å². The zero-order chi connectivity index (χ0) is 29.2. The van der Waals surface area contributed by atoms with Crippen LogP contribution in [0, 0.1) is 17.2 Å². The van der Waals surface area contributed by atoms with Crippen LogP contribution in [-0.2, 0) is 25.6 Å². The number of fused-ring (bicyclic) bond motifs is 1. The largest absolute Gasteiger partial charge is 0.492 e. The number of carbonyl (C=O) groups excluding carboxylic acids is 2. The summed E-state index contributed by atoms with van der Waals surface area (Å²) in [5.41, 5.74) is -0.274. The van der Waals surface area contributed by atoms with Gasteiger partial charge >= 0.3 is 5.97 Å². The first kappa shape index (κ1) is 30.1. The lowest BCUT2D eigenvalue weighted by molar-refractivity contribution is -0.138. The van der Waals surface area contributed by atoms with E-state index in [9.17, 15) is 14.9 Å². The van der Waals surface area contributed by atoms with Gasteiger partial charge in [0.2, 0.25) is 11.5 Å². The number of ether oxygens (including phenoxy) is 4. The highest BCUT2D eigenvalue weighted by Crippen LogP contribution is 2.26. The molecule has 41 heavy (non-hydrogen) atoms. The predicted molar refractivity (Wildman–Crippen MR) is 151 cm³/mol. The predicted octanol–water partition coefficient (Wildman–Crippen LogP) is 4.29. The average Bonchev–Trinajstić information content (AvgIpc) is 3.40. The molecule has 1 N–H and O–H groups in total. The van der Waals surface area contributed by atoms with Gasteiger partial charge in [0.1, 0.15) is 24.0 Å². The van der Waals surface area contributed by atoms with E-state index in [4.69, 9.17) is 23.4 Å². The Morgan fingerprint density at radius 3 is 2.59 bits per heavy atom. The number of nitrogens with zero attached hydrogens (tertiary/aromatic N) is 2. The summed E-state index contributed by atoms with van der Waals surface area (Å²) in [4.78, 5) is 28.5. The van der Waals surface area contributed by atoms with Crippen LogP contribution in [0.1, 0.15) is 43.3 Å². The number of carbonyl (C=O) groups is 2. The second-order valence-electron chi connectivity index (χ2n) is 10.5. The van der Waals surface area contributed by atoms with Crippen molar-refractivity contribution in [2.24, 2.45) is 5.92 Å². The fourth-order valence-corrected chi connectivity index (χ4v) is 4.37. The number of morpholine rings is 1. The third-order valence-electron chi connectivity index (χ3n) is 6.64. The summed E-state index contributed by atoms with van der Waals surface area (Å²) in [6.45, 7) is 9.98. The van der Waals surface area contributed by atoms with Crippen LogP contribution in [0.4, 0.5) is 0 Å². The van der Waals surface area contributed by atoms with Gasteiger partial charge < -0.3 is 28.7 Å². The van der Waals surface area contributed by atoms with Gasteiger partial charge in [-0.15, -0.1) is 0 Å². The molecule has 2 unspecified atom stereocenters. The van der Waals surface area contributed by atoms with Gasteiger partial charge in [0, 0.05) is 25.0 Å². The Morgan fingerprint density at radius 2 is 1.88 bits per heavy atom. The molecule has 2 atom stereocenters. The van der Waals surface area contributed by atoms with Crippen molar-refractivity contribution in [2.75, 3.05) is 39.5 Å². The average molecular weight is 564 g/mol. The summed E-state index contributed by atoms with van der Waals surface area (Å²) in [6.07, 6.45) is -0.901. The van der Waals surface area contributed by atoms with Crippen molar-refractivity contribution in [3.8, 4) is 11.8 Å². The molecule has 10 nitrogen and oxygen atoms in total. The van der Waals surface area contributed by atoms with Crippen LogP contribution in [0.15, 0.2) is 59.0 Å². The Kier molecular flexibility index (Phi) is 10.4. The standard InChI is InChI=1S/C31H37N3O7/c1-22(2)17-27(29(35)33-31(3,21-32)39-20-23-7-5-4-6-8-23)41-30(36)28-19-24-18-25(9-10-26(24)40-28)38-16-13-34-11-14-37-15-12-34/h4-10,18-19,22,27H,11-17,20H2,1-3H3,(H,33,35). The molecule has 1 aliphatic rings. The molecule has 218 valence electrons. The first-order chi connectivity index (χ1) is 19.7. The third-order valence-corrected chi connectivity index (χ3v) is 6.64. The Balaban J connectivity index is 1.37. The smallest absolute Gasteiger partial charge is 0.375 e. The van der Waals surface area contributed by atoms with E-state index >= 15 is 0 Å². The van der Waals surface area contributed by atoms with Crippen molar-refractivity contribution in [1.82, 2.24) is 10.2 Å². The maximum absolute atomic E-state index is 13.2. The van der Waals surface area contributed by atoms with Gasteiger partial charge in [-0.2, -0.15) is 5.26 Å². The Morgan fingerprint density at radius 1 is 1.12 bits per heavy atom. The molecule has 1 aromatic heterocycles. The van der Waals surface area contributed by atoms with E-state index in [0.717, 1.165) is 38.4 Å². The minimum absolute atomic E-state index is 0.0320. The van der Waals surface area contributed by atoms with E-state index in [1.807, 2.05) is 50.2 Å². The fraction of sp³-hybridized carbons (Fsp3) is 0.452. The molecule has 0 aliphatic carbocycles. The zero-order valence-corrected chi connectivity index (χ0v) is 23.8. The number of furan rings is 1. The molecule has 0 saturated carbocycles. The van der Waals surface area contributed by atoms with E-state index in [1.165, 1.54) is 6.92 Å². The Labute approximate surface area is 240 Å². The van der Waals surface area contributed by atoms with E-state index < -0.39 is 23.7 Å². The van der Waals surface area contributed by atoms with Crippen molar-refractivity contribution in [2.45, 2.75) is 45.6 Å². The van der Waals surface area contributed by atoms with Crippen LogP contribution >= 0.6 is 0 Å². The van der Waals surface area contributed by atoms with Crippen LogP contribution < -0.4 is 10.1 Å². The number of benzene rings is 2. The third kappa shape index (κ3) is 8.79. The van der Waals surface area contributed by atoms with Crippen molar-refractivity contribution < 1.29 is 33.0 Å². The summed E-state index contributed by atoms with van der Waals surface area (Å²) in [5.74, 6) is -0.743. The van der Waals surface area contributed by atoms with Gasteiger partial charge in [0.25, 0.3) is 5.91 Å². The van der Waals surface area contributed by atoms with Gasteiger partial charge in [-0.05, 0) is 49.1 Å². The summed E-state index contributed by atoms with van der Waals surface area (Å²) in [7, 11) is 0. The number of nitrogens with one attached hydrogen (secondary N) is 1. The highest BCUT2D eigenvalue weighted by molar-refractivity contribution is 5.94. The molecule has 1 aliphatic heterocycles. The second-order valence-corrected chi connectivity index (χ2v) is 10.5. The van der Waals surface area contributed by atoms with E-state index in [0.29, 0.717) is 23.3 Å². The second kappa shape index (κ2) is 14.1.